The maximum Gasteiger partial charge on any atom is 0.126 e. The lowest BCUT2D eigenvalue weighted by Crippen LogP contribution is -2.24. The number of hydrogen-bond acceptors (Lipinski definition) is 3. The van der Waals surface area contributed by atoms with Crippen LogP contribution >= 0.6 is 11.6 Å². The SMILES string of the molecule is CCCOc1c(C)cc(Cl)c(C)c1C(C)CC(O)C(C)O. The van der Waals surface area contributed by atoms with Gasteiger partial charge < -0.3 is 14.9 Å². The summed E-state index contributed by atoms with van der Waals surface area (Å²) < 4.78 is 5.91. The molecule has 0 saturated carbocycles. The number of aryl methyl sites for hydroxylation is 1. The van der Waals surface area contributed by atoms with E-state index in [0.29, 0.717) is 18.1 Å². The molecule has 0 radical (unpaired) electrons. The number of ether oxygens (including phenoxy) is 1. The first kappa shape index (κ1) is 18.3. The van der Waals surface area contributed by atoms with Crippen molar-refractivity contribution in [1.82, 2.24) is 0 Å². The van der Waals surface area contributed by atoms with Gasteiger partial charge in [0.15, 0.2) is 0 Å². The van der Waals surface area contributed by atoms with Crippen LogP contribution in [0.2, 0.25) is 5.02 Å². The van der Waals surface area contributed by atoms with Gasteiger partial charge in [-0.25, -0.2) is 0 Å². The minimum absolute atomic E-state index is 0.0545. The van der Waals surface area contributed by atoms with Crippen molar-refractivity contribution < 1.29 is 14.9 Å². The highest BCUT2D eigenvalue weighted by molar-refractivity contribution is 6.31. The highest BCUT2D eigenvalue weighted by atomic mass is 35.5. The lowest BCUT2D eigenvalue weighted by molar-refractivity contribution is 0.0225. The van der Waals surface area contributed by atoms with Crippen LogP contribution in [0.5, 0.6) is 5.75 Å². The summed E-state index contributed by atoms with van der Waals surface area (Å²) in [5.74, 6) is 0.919. The third kappa shape index (κ3) is 4.60. The van der Waals surface area contributed by atoms with Crippen molar-refractivity contribution in [3.05, 3.63) is 27.8 Å². The van der Waals surface area contributed by atoms with E-state index >= 15 is 0 Å². The molecule has 0 saturated heterocycles. The van der Waals surface area contributed by atoms with Crippen molar-refractivity contribution in [3.8, 4) is 5.75 Å². The number of halogens is 1. The molecule has 120 valence electrons. The minimum atomic E-state index is -0.752. The molecule has 3 atom stereocenters. The molecule has 4 heteroatoms. The lowest BCUT2D eigenvalue weighted by Gasteiger charge is -2.24. The molecule has 0 bridgehead atoms. The van der Waals surface area contributed by atoms with Crippen molar-refractivity contribution in [3.63, 3.8) is 0 Å². The molecule has 0 aliphatic rings. The van der Waals surface area contributed by atoms with E-state index in [-0.39, 0.29) is 5.92 Å². The Balaban J connectivity index is 3.18. The van der Waals surface area contributed by atoms with Gasteiger partial charge in [-0.1, -0.05) is 25.4 Å². The number of aliphatic hydroxyl groups is 2. The van der Waals surface area contributed by atoms with Crippen molar-refractivity contribution in [2.75, 3.05) is 6.61 Å². The van der Waals surface area contributed by atoms with Gasteiger partial charge in [0.25, 0.3) is 0 Å². The molecule has 1 rings (SSSR count). The molecule has 0 amide bonds. The fourth-order valence-electron chi connectivity index (χ4n) is 2.54. The summed E-state index contributed by atoms with van der Waals surface area (Å²) in [6.45, 7) is 10.3. The summed E-state index contributed by atoms with van der Waals surface area (Å²) in [6.07, 6.45) is -0.0859. The second kappa shape index (κ2) is 8.02. The summed E-state index contributed by atoms with van der Waals surface area (Å²) in [6, 6.07) is 1.92. The Labute approximate surface area is 132 Å². The monoisotopic (exact) mass is 314 g/mol. The van der Waals surface area contributed by atoms with E-state index in [9.17, 15) is 10.2 Å². The minimum Gasteiger partial charge on any atom is -0.493 e. The van der Waals surface area contributed by atoms with E-state index in [4.69, 9.17) is 16.3 Å². The van der Waals surface area contributed by atoms with Crippen molar-refractivity contribution in [2.45, 2.75) is 65.6 Å². The van der Waals surface area contributed by atoms with Gasteiger partial charge >= 0.3 is 0 Å². The van der Waals surface area contributed by atoms with Gasteiger partial charge in [-0.15, -0.1) is 0 Å². The number of rotatable bonds is 7. The Hall–Kier alpha value is -0.770. The fraction of sp³-hybridized carbons (Fsp3) is 0.647. The standard InChI is InChI=1S/C17H27ClO3/c1-6-7-21-17-11(3)8-14(18)12(4)16(17)10(2)9-15(20)13(5)19/h8,10,13,15,19-20H,6-7,9H2,1-5H3. The molecular weight excluding hydrogens is 288 g/mol. The molecular formula is C17H27ClO3. The predicted molar refractivity (Wildman–Crippen MR) is 87.4 cm³/mol. The molecule has 21 heavy (non-hydrogen) atoms. The number of benzene rings is 1. The van der Waals surface area contributed by atoms with E-state index in [2.05, 4.69) is 6.92 Å². The van der Waals surface area contributed by atoms with Gasteiger partial charge in [0.05, 0.1) is 18.8 Å². The average Bonchev–Trinajstić information content (AvgIpc) is 2.40. The normalized spacial score (nSPS) is 15.6. The molecule has 3 nitrogen and oxygen atoms in total. The third-order valence-electron chi connectivity index (χ3n) is 3.80. The van der Waals surface area contributed by atoms with Crippen molar-refractivity contribution >= 4 is 11.6 Å². The van der Waals surface area contributed by atoms with E-state index in [1.807, 2.05) is 26.8 Å². The highest BCUT2D eigenvalue weighted by Gasteiger charge is 2.23. The number of aliphatic hydroxyl groups excluding tert-OH is 2. The second-order valence-electron chi connectivity index (χ2n) is 5.84. The van der Waals surface area contributed by atoms with Crippen LogP contribution in [-0.4, -0.2) is 29.0 Å². The summed E-state index contributed by atoms with van der Waals surface area (Å²) >= 11 is 6.30. The zero-order chi connectivity index (χ0) is 16.2. The molecule has 0 spiro atoms. The Morgan fingerprint density at radius 3 is 2.38 bits per heavy atom. The zero-order valence-corrected chi connectivity index (χ0v) is 14.4. The maximum atomic E-state index is 9.93. The van der Waals surface area contributed by atoms with Crippen molar-refractivity contribution in [1.29, 1.82) is 0 Å². The second-order valence-corrected chi connectivity index (χ2v) is 6.24. The van der Waals surface area contributed by atoms with Gasteiger partial charge in [0, 0.05) is 10.6 Å². The largest absolute Gasteiger partial charge is 0.493 e. The Morgan fingerprint density at radius 1 is 1.24 bits per heavy atom. The van der Waals surface area contributed by atoms with E-state index in [0.717, 1.165) is 28.9 Å². The number of hydrogen-bond donors (Lipinski definition) is 2. The van der Waals surface area contributed by atoms with Crippen LogP contribution in [0.1, 0.15) is 56.2 Å². The topological polar surface area (TPSA) is 49.7 Å². The molecule has 2 N–H and O–H groups in total. The molecule has 1 aromatic carbocycles. The van der Waals surface area contributed by atoms with Crippen LogP contribution in [0.15, 0.2) is 6.07 Å². The first-order chi connectivity index (χ1) is 9.79. The first-order valence-corrected chi connectivity index (χ1v) is 7.95. The zero-order valence-electron chi connectivity index (χ0n) is 13.6. The molecule has 1 aromatic rings. The van der Waals surface area contributed by atoms with Gasteiger partial charge in [0.1, 0.15) is 5.75 Å². The van der Waals surface area contributed by atoms with Gasteiger partial charge in [-0.3, -0.25) is 0 Å². The van der Waals surface area contributed by atoms with Crippen molar-refractivity contribution in [2.24, 2.45) is 0 Å². The van der Waals surface area contributed by atoms with Crippen LogP contribution < -0.4 is 4.74 Å². The lowest BCUT2D eigenvalue weighted by atomic mass is 9.88. The van der Waals surface area contributed by atoms with E-state index in [1.54, 1.807) is 6.92 Å². The summed E-state index contributed by atoms with van der Waals surface area (Å²) in [4.78, 5) is 0. The Morgan fingerprint density at radius 2 is 1.86 bits per heavy atom. The smallest absolute Gasteiger partial charge is 0.126 e. The van der Waals surface area contributed by atoms with E-state index in [1.165, 1.54) is 0 Å². The molecule has 0 aliphatic carbocycles. The van der Waals surface area contributed by atoms with Crippen LogP contribution in [0.25, 0.3) is 0 Å². The van der Waals surface area contributed by atoms with Gasteiger partial charge in [-0.05, 0) is 56.7 Å². The Kier molecular flexibility index (Phi) is 6.98. The molecule has 0 aliphatic heterocycles. The van der Waals surface area contributed by atoms with E-state index < -0.39 is 12.2 Å². The van der Waals surface area contributed by atoms with Crippen LogP contribution in [-0.2, 0) is 0 Å². The quantitative estimate of drug-likeness (QED) is 0.800. The highest BCUT2D eigenvalue weighted by Crippen LogP contribution is 2.39. The predicted octanol–water partition coefficient (Wildman–Crippen LogP) is 3.98. The summed E-state index contributed by atoms with van der Waals surface area (Å²) in [5, 5.41) is 20.1. The summed E-state index contributed by atoms with van der Waals surface area (Å²) in [5.41, 5.74) is 3.03. The fourth-order valence-corrected chi connectivity index (χ4v) is 2.81. The third-order valence-corrected chi connectivity index (χ3v) is 4.20. The Bertz CT molecular complexity index is 472. The van der Waals surface area contributed by atoms with Crippen LogP contribution in [0.3, 0.4) is 0 Å². The van der Waals surface area contributed by atoms with Gasteiger partial charge in [0.2, 0.25) is 0 Å². The molecule has 0 fully saturated rings. The molecule has 0 heterocycles. The maximum absolute atomic E-state index is 9.93. The summed E-state index contributed by atoms with van der Waals surface area (Å²) in [7, 11) is 0. The van der Waals surface area contributed by atoms with Gasteiger partial charge in [-0.2, -0.15) is 0 Å². The molecule has 3 unspecified atom stereocenters. The first-order valence-electron chi connectivity index (χ1n) is 7.58. The molecule has 0 aromatic heterocycles. The average molecular weight is 315 g/mol. The van der Waals surface area contributed by atoms with Crippen LogP contribution in [0.4, 0.5) is 0 Å². The van der Waals surface area contributed by atoms with Crippen LogP contribution in [0, 0.1) is 13.8 Å².